The Balaban J connectivity index is 0.00000105. The molecule has 0 amide bonds. The van der Waals surface area contributed by atoms with Crippen LogP contribution in [0.2, 0.25) is 0 Å². The van der Waals surface area contributed by atoms with Crippen molar-refractivity contribution in [3.05, 3.63) is 93.5 Å². The zero-order valence-corrected chi connectivity index (χ0v) is 18.1. The molecule has 1 aromatic heterocycles. The van der Waals surface area contributed by atoms with Crippen molar-refractivity contribution in [3.8, 4) is 0 Å². The third kappa shape index (κ3) is 3.50. The fourth-order valence-corrected chi connectivity index (χ4v) is 6.57. The molecule has 0 spiro atoms. The Labute approximate surface area is 181 Å². The van der Waals surface area contributed by atoms with Gasteiger partial charge in [0.25, 0.3) is 0 Å². The molecule has 5 rings (SSSR count). The number of rotatable bonds is 3. The van der Waals surface area contributed by atoms with E-state index in [-0.39, 0.29) is 44.0 Å². The van der Waals surface area contributed by atoms with Crippen molar-refractivity contribution >= 4 is 22.7 Å². The quantitative estimate of drug-likeness (QED) is 0.519. The van der Waals surface area contributed by atoms with Crippen molar-refractivity contribution in [2.24, 2.45) is 0 Å². The van der Waals surface area contributed by atoms with Gasteiger partial charge in [-0.25, -0.2) is 0 Å². The topological polar surface area (TPSA) is 4.93 Å². The van der Waals surface area contributed by atoms with Gasteiger partial charge in [0.1, 0.15) is 0 Å². The maximum atomic E-state index is 2.42. The van der Waals surface area contributed by atoms with Gasteiger partial charge in [-0.2, -0.15) is 0 Å². The molecule has 1 heterocycles. The number of nitrogens with zero attached hydrogens (tertiary/aromatic N) is 1. The fraction of sp³-hybridized carbons (Fsp3) is 0.130. The van der Waals surface area contributed by atoms with E-state index in [9.17, 15) is 0 Å². The van der Waals surface area contributed by atoms with E-state index in [2.05, 4.69) is 90.5 Å². The number of para-hydroxylation sites is 1. The van der Waals surface area contributed by atoms with Crippen LogP contribution in [-0.4, -0.2) is 4.57 Å². The van der Waals surface area contributed by atoms with Gasteiger partial charge in [-0.1, -0.05) is 0 Å². The minimum absolute atomic E-state index is 0. The molecule has 4 heteroatoms. The Morgan fingerprint density at radius 1 is 0.963 bits per heavy atom. The second-order valence-corrected chi connectivity index (χ2v) is 9.08. The van der Waals surface area contributed by atoms with Crippen LogP contribution in [0.15, 0.2) is 82.4 Å². The summed E-state index contributed by atoms with van der Waals surface area (Å²) >= 11 is -0.249. The molecule has 0 N–H and O–H groups in total. The molecule has 1 nitrogen and oxygen atoms in total. The van der Waals surface area contributed by atoms with Crippen LogP contribution in [0.25, 0.3) is 22.7 Å². The van der Waals surface area contributed by atoms with Crippen molar-refractivity contribution in [2.45, 2.75) is 17.6 Å². The van der Waals surface area contributed by atoms with E-state index in [1.807, 2.05) is 0 Å². The largest absolute Gasteiger partial charge is 1.00 e. The fourth-order valence-electron chi connectivity index (χ4n) is 3.94. The van der Waals surface area contributed by atoms with Crippen LogP contribution in [0.5, 0.6) is 0 Å². The van der Waals surface area contributed by atoms with Crippen LogP contribution < -0.4 is 24.8 Å². The summed E-state index contributed by atoms with van der Waals surface area (Å²) < 4.78 is 4.67. The maximum absolute atomic E-state index is 2.42. The Bertz CT molecular complexity index is 1070. The number of fused-ring (bicyclic) bond motifs is 2. The number of halogens is 2. The second-order valence-electron chi connectivity index (χ2n) is 6.79. The van der Waals surface area contributed by atoms with Crippen molar-refractivity contribution in [1.82, 2.24) is 4.57 Å². The molecule has 0 saturated carbocycles. The molecule has 3 aromatic rings. The van der Waals surface area contributed by atoms with Crippen LogP contribution in [0, 0.1) is 0 Å². The summed E-state index contributed by atoms with van der Waals surface area (Å²) in [7, 11) is 0. The first kappa shape index (κ1) is 20.2. The molecular weight excluding hydrogens is 409 g/mol. The molecule has 0 radical (unpaired) electrons. The van der Waals surface area contributed by atoms with Gasteiger partial charge in [-0.05, 0) is 0 Å². The third-order valence-electron chi connectivity index (χ3n) is 5.27. The monoisotopic (exact) mass is 427 g/mol. The van der Waals surface area contributed by atoms with E-state index in [0.717, 1.165) is 6.42 Å². The Kier molecular flexibility index (Phi) is 6.18. The number of hydrogen-bond donors (Lipinski definition) is 0. The number of aromatic nitrogens is 1. The minimum atomic E-state index is -0.249. The van der Waals surface area contributed by atoms with Crippen molar-refractivity contribution in [2.75, 3.05) is 0 Å². The Hall–Kier alpha value is -1.51. The van der Waals surface area contributed by atoms with E-state index in [4.69, 9.17) is 0 Å². The summed E-state index contributed by atoms with van der Waals surface area (Å²) in [5.74, 6) is 0. The first-order valence-electron chi connectivity index (χ1n) is 8.81. The van der Waals surface area contributed by atoms with Crippen molar-refractivity contribution in [1.29, 1.82) is 0 Å². The Morgan fingerprint density at radius 2 is 1.74 bits per heavy atom. The van der Waals surface area contributed by atoms with Crippen LogP contribution in [0.1, 0.15) is 28.7 Å². The molecule has 2 aliphatic rings. The van der Waals surface area contributed by atoms with Gasteiger partial charge in [0, 0.05) is 0 Å². The summed E-state index contributed by atoms with van der Waals surface area (Å²) in [4.78, 5) is 0. The van der Waals surface area contributed by atoms with E-state index in [1.54, 1.807) is 3.88 Å². The summed E-state index contributed by atoms with van der Waals surface area (Å²) in [6, 6.07) is 19.9. The summed E-state index contributed by atoms with van der Waals surface area (Å²) in [5.41, 5.74) is 7.18. The maximum Gasteiger partial charge on any atom is -1.00 e. The van der Waals surface area contributed by atoms with Crippen molar-refractivity contribution in [3.63, 3.8) is 0 Å². The van der Waals surface area contributed by atoms with Gasteiger partial charge in [0.05, 0.1) is 0 Å². The van der Waals surface area contributed by atoms with Gasteiger partial charge in [0.15, 0.2) is 0 Å². The molecule has 27 heavy (non-hydrogen) atoms. The van der Waals surface area contributed by atoms with E-state index < -0.39 is 0 Å². The predicted octanol–water partition coefficient (Wildman–Crippen LogP) is 0.0185. The first-order chi connectivity index (χ1) is 12.3. The molecule has 2 aliphatic carbocycles. The van der Waals surface area contributed by atoms with E-state index in [0.29, 0.717) is 4.22 Å². The Morgan fingerprint density at radius 3 is 2.56 bits per heavy atom. The molecule has 134 valence electrons. The molecule has 2 aromatic carbocycles. The molecule has 0 bridgehead atoms. The molecule has 1 atom stereocenters. The number of hydrogen-bond acceptors (Lipinski definition) is 0. The first-order valence-corrected chi connectivity index (χ1v) is 10.5. The normalized spacial score (nSPS) is 17.2. The van der Waals surface area contributed by atoms with Crippen molar-refractivity contribution < 1.29 is 44.0 Å². The summed E-state index contributed by atoms with van der Waals surface area (Å²) in [5, 5.41) is 1.32. The van der Waals surface area contributed by atoms with Gasteiger partial charge >= 0.3 is 157 Å². The van der Waals surface area contributed by atoms with Gasteiger partial charge in [-0.3, -0.25) is 0 Å². The van der Waals surface area contributed by atoms with E-state index in [1.165, 1.54) is 33.3 Å². The average Bonchev–Trinajstić information content (AvgIpc) is 3.33. The average molecular weight is 428 g/mol. The molecule has 0 saturated heterocycles. The third-order valence-corrected chi connectivity index (χ3v) is 8.15. The summed E-state index contributed by atoms with van der Waals surface area (Å²) in [6.45, 7) is 2.28. The second kappa shape index (κ2) is 8.25. The zero-order chi connectivity index (χ0) is 16.8. The van der Waals surface area contributed by atoms with Gasteiger partial charge < -0.3 is 24.8 Å². The number of allylic oxidation sites excluding steroid dienone is 5. The molecular formula is C23H19Cl2NTi. The van der Waals surface area contributed by atoms with Crippen LogP contribution in [0.3, 0.4) is 0 Å². The van der Waals surface area contributed by atoms with Gasteiger partial charge in [0.2, 0.25) is 0 Å². The molecule has 0 aliphatic heterocycles. The van der Waals surface area contributed by atoms with Crippen LogP contribution in [-0.2, 0) is 19.2 Å². The zero-order valence-electron chi connectivity index (χ0n) is 15.0. The SMILES string of the molecule is CC1=[C]([Ti+2][CH]2C(n3ccc4ccccc43)=Cc3ccccc32)CC=C1.[Cl-].[Cl-]. The number of benzene rings is 2. The standard InChI is InChI=1S/C17H12N.C6H7.2ClH.Ti/c1-2-7-15-12-16(11-14(15)6-1)18-10-9-13-5-3-4-8-17(13)18;1-6-4-2-3-5-6;;;/h1-12H;2,4H,3H2,1H3;2*1H;/q;;;;+2/p-2. The van der Waals surface area contributed by atoms with E-state index >= 15 is 0 Å². The predicted molar refractivity (Wildman–Crippen MR) is 102 cm³/mol. The molecule has 0 fully saturated rings. The molecule has 1 unspecified atom stereocenters. The minimum Gasteiger partial charge on any atom is -1.00 e. The smallest absolute Gasteiger partial charge is 1.00 e. The van der Waals surface area contributed by atoms with Crippen LogP contribution >= 0.6 is 0 Å². The summed E-state index contributed by atoms with van der Waals surface area (Å²) in [6.07, 6.45) is 10.4. The van der Waals surface area contributed by atoms with Gasteiger partial charge in [-0.15, -0.1) is 0 Å². The van der Waals surface area contributed by atoms with Crippen LogP contribution in [0.4, 0.5) is 0 Å².